The molecule has 2 aromatic heterocycles. The number of anilines is 1. The summed E-state index contributed by atoms with van der Waals surface area (Å²) in [6, 6.07) is 29.0. The predicted molar refractivity (Wildman–Crippen MR) is 213 cm³/mol. The molecule has 1 aliphatic heterocycles. The molecule has 17 heteroatoms. The van der Waals surface area contributed by atoms with E-state index in [0.717, 1.165) is 5.23 Å². The monoisotopic (exact) mass is 803 g/mol. The minimum absolute atomic E-state index is 0.0399. The fourth-order valence-corrected chi connectivity index (χ4v) is 12.3. The first kappa shape index (κ1) is 42.0. The van der Waals surface area contributed by atoms with Crippen LogP contribution in [0.2, 0.25) is 0 Å². The van der Waals surface area contributed by atoms with Crippen molar-refractivity contribution in [3.8, 4) is 6.07 Å². The predicted octanol–water partition coefficient (Wildman–Crippen LogP) is 4.45. The third kappa shape index (κ3) is 7.04. The number of nitriles is 1. The van der Waals surface area contributed by atoms with Gasteiger partial charge in [0.2, 0.25) is 0 Å². The van der Waals surface area contributed by atoms with Crippen LogP contribution in [0.25, 0.3) is 11.2 Å². The molecule has 57 heavy (non-hydrogen) atoms. The molecule has 0 unspecified atom stereocenters. The van der Waals surface area contributed by atoms with E-state index in [4.69, 9.17) is 23.9 Å². The average molecular weight is 804 g/mol. The number of aromatic nitrogens is 4. The summed E-state index contributed by atoms with van der Waals surface area (Å²) in [5, 5.41) is 35.0. The molecule has 5 N–H and O–H groups in total. The van der Waals surface area contributed by atoms with Crippen molar-refractivity contribution in [2.45, 2.75) is 75.7 Å². The Morgan fingerprint density at radius 3 is 1.91 bits per heavy atom. The SMILES string of the molecule is CON(OC)c1nc2c(ncn2[C@@]2(C(c3ccccc3)(c3ccccc3)c3ccccc3)C[C@@](O)(OP(O)(O)(CCC#N)N(C(C)C)C(C)C)[C@@H](CO)O2)c(=O)[nH]1. The third-order valence-corrected chi connectivity index (χ3v) is 14.0. The van der Waals surface area contributed by atoms with Crippen LogP contribution < -0.4 is 10.8 Å². The van der Waals surface area contributed by atoms with Crippen molar-refractivity contribution in [3.05, 3.63) is 124 Å². The topological polar surface area (TPSA) is 212 Å². The van der Waals surface area contributed by atoms with Crippen molar-refractivity contribution in [3.63, 3.8) is 0 Å². The quantitative estimate of drug-likeness (QED) is 0.0404. The second-order valence-electron chi connectivity index (χ2n) is 14.6. The van der Waals surface area contributed by atoms with Gasteiger partial charge in [0.25, 0.3) is 0 Å². The van der Waals surface area contributed by atoms with E-state index in [1.807, 2.05) is 97.1 Å². The molecular weight excluding hydrogens is 753 g/mol. The van der Waals surface area contributed by atoms with Gasteiger partial charge in [0.1, 0.15) is 0 Å². The van der Waals surface area contributed by atoms with Crippen molar-refractivity contribution in [2.75, 3.05) is 32.2 Å². The molecule has 3 heterocycles. The van der Waals surface area contributed by atoms with Gasteiger partial charge in [0.05, 0.1) is 0 Å². The summed E-state index contributed by atoms with van der Waals surface area (Å²) in [5.74, 6) is -2.85. The number of ether oxygens (including phenoxy) is 1. The van der Waals surface area contributed by atoms with Gasteiger partial charge in [-0.25, -0.2) is 0 Å². The van der Waals surface area contributed by atoms with Crippen molar-refractivity contribution in [1.82, 2.24) is 24.2 Å². The maximum atomic E-state index is 13.8. The van der Waals surface area contributed by atoms with Crippen LogP contribution in [0.4, 0.5) is 5.95 Å². The summed E-state index contributed by atoms with van der Waals surface area (Å²) < 4.78 is 16.5. The summed E-state index contributed by atoms with van der Waals surface area (Å²) in [7, 11) is -3.11. The molecule has 0 bridgehead atoms. The van der Waals surface area contributed by atoms with E-state index < -0.39 is 67.3 Å². The number of aliphatic hydroxyl groups excluding tert-OH is 1. The molecule has 1 aliphatic rings. The minimum atomic E-state index is -5.75. The van der Waals surface area contributed by atoms with E-state index in [1.165, 1.54) is 29.8 Å². The third-order valence-electron chi connectivity index (χ3n) is 10.5. The maximum absolute atomic E-state index is 13.8. The Bertz CT molecular complexity index is 2140. The van der Waals surface area contributed by atoms with Gasteiger partial charge in [-0.3, -0.25) is 0 Å². The number of hydrogen-bond donors (Lipinski definition) is 5. The van der Waals surface area contributed by atoms with Gasteiger partial charge in [-0.1, -0.05) is 0 Å². The van der Waals surface area contributed by atoms with Crippen molar-refractivity contribution >= 4 is 24.5 Å². The first-order valence-electron chi connectivity index (χ1n) is 18.6. The Hall–Kier alpha value is -4.63. The number of nitrogens with one attached hydrogen (secondary N) is 1. The molecular formula is C40H50N7O9P. The summed E-state index contributed by atoms with van der Waals surface area (Å²) in [4.78, 5) is 61.6. The molecule has 3 aromatic carbocycles. The Balaban J connectivity index is 1.79. The first-order chi connectivity index (χ1) is 27.1. The van der Waals surface area contributed by atoms with Gasteiger partial charge in [0.15, 0.2) is 0 Å². The van der Waals surface area contributed by atoms with Gasteiger partial charge >= 0.3 is 331 Å². The molecule has 0 spiro atoms. The van der Waals surface area contributed by atoms with Crippen LogP contribution in [0.5, 0.6) is 0 Å². The molecule has 3 atom stereocenters. The molecule has 6 rings (SSSR count). The zero-order chi connectivity index (χ0) is 41.3. The summed E-state index contributed by atoms with van der Waals surface area (Å²) >= 11 is 0. The number of rotatable bonds is 16. The second kappa shape index (κ2) is 16.0. The molecule has 0 radical (unpaired) electrons. The summed E-state index contributed by atoms with van der Waals surface area (Å²) in [5.41, 5.74) is -2.42. The standard InChI is InChI=1S/C40H50N7O9P/c1-28(2)46(29(3)4)57(51,52,24-16-23-41)56-38(50)26-39(55-33(38)25-48,45-27-42-34-35(45)43-37(44-36(34)49)47(53-5)54-6)40(30-17-10-7-11-18-30,31-19-12-8-13-20-31)32-21-14-9-15-22-32/h7-15,17-22,27-29,33,48,50-52H,16,24-26H2,1-6H3,(H,43,44,49)/t33-,38-,39+/m1/s1. The first-order valence-corrected chi connectivity index (χ1v) is 20.8. The van der Waals surface area contributed by atoms with Crippen molar-refractivity contribution < 1.29 is 38.9 Å². The number of benzene rings is 3. The fraction of sp³-hybridized carbons (Fsp3) is 0.400. The van der Waals surface area contributed by atoms with Crippen LogP contribution >= 0.6 is 7.43 Å². The Morgan fingerprint density at radius 2 is 1.47 bits per heavy atom. The second-order valence-corrected chi connectivity index (χ2v) is 17.8. The van der Waals surface area contributed by atoms with Gasteiger partial charge < -0.3 is 0 Å². The molecule has 1 fully saturated rings. The van der Waals surface area contributed by atoms with E-state index in [-0.39, 0.29) is 23.5 Å². The van der Waals surface area contributed by atoms with Gasteiger partial charge in [-0.05, 0) is 0 Å². The summed E-state index contributed by atoms with van der Waals surface area (Å²) in [6.07, 6.45) is -1.82. The average Bonchev–Trinajstić information content (AvgIpc) is 3.75. The van der Waals surface area contributed by atoms with E-state index in [2.05, 4.69) is 9.97 Å². The van der Waals surface area contributed by atoms with Crippen LogP contribution in [0.1, 0.15) is 57.2 Å². The zero-order valence-electron chi connectivity index (χ0n) is 32.8. The number of aromatic amines is 1. The van der Waals surface area contributed by atoms with Gasteiger partial charge in [0, 0.05) is 0 Å². The van der Waals surface area contributed by atoms with Crippen LogP contribution in [-0.2, 0) is 30.1 Å². The van der Waals surface area contributed by atoms with E-state index >= 15 is 0 Å². The van der Waals surface area contributed by atoms with E-state index in [0.29, 0.717) is 16.7 Å². The van der Waals surface area contributed by atoms with Crippen molar-refractivity contribution in [1.29, 1.82) is 5.26 Å². The molecule has 16 nitrogen and oxygen atoms in total. The fourth-order valence-electron chi connectivity index (χ4n) is 8.68. The molecule has 0 amide bonds. The van der Waals surface area contributed by atoms with Crippen molar-refractivity contribution in [2.24, 2.45) is 0 Å². The van der Waals surface area contributed by atoms with Gasteiger partial charge in [-0.2, -0.15) is 0 Å². The van der Waals surface area contributed by atoms with Crippen LogP contribution in [-0.4, -0.2) is 95.2 Å². The molecule has 304 valence electrons. The van der Waals surface area contributed by atoms with Crippen LogP contribution in [0, 0.1) is 11.3 Å². The van der Waals surface area contributed by atoms with E-state index in [9.17, 15) is 30.1 Å². The number of fused-ring (bicyclic) bond motifs is 1. The Morgan fingerprint density at radius 1 is 0.965 bits per heavy atom. The number of imidazole rings is 1. The summed E-state index contributed by atoms with van der Waals surface area (Å²) in [6.45, 7) is 6.13. The van der Waals surface area contributed by atoms with E-state index in [1.54, 1.807) is 27.7 Å². The zero-order valence-corrected chi connectivity index (χ0v) is 33.7. The Kier molecular flexibility index (Phi) is 11.8. The molecule has 0 aliphatic carbocycles. The number of nitrogens with zero attached hydrogens (tertiary/aromatic N) is 6. The number of aliphatic hydroxyl groups is 2. The van der Waals surface area contributed by atoms with Crippen LogP contribution in [0.3, 0.4) is 0 Å². The number of hydrogen-bond acceptors (Lipinski definition) is 14. The van der Waals surface area contributed by atoms with Gasteiger partial charge in [-0.15, -0.1) is 0 Å². The normalized spacial score (nSPS) is 20.9. The van der Waals surface area contributed by atoms with Crippen LogP contribution in [0.15, 0.2) is 102 Å². The number of H-pyrrole nitrogens is 1. The molecule has 0 saturated carbocycles. The Labute approximate surface area is 330 Å². The molecule has 1 saturated heterocycles. The molecule has 5 aromatic rings.